The average Bonchev–Trinajstić information content (AvgIpc) is 2.81. The Balaban J connectivity index is 1.99. The lowest BCUT2D eigenvalue weighted by Gasteiger charge is -2.36. The predicted octanol–water partition coefficient (Wildman–Crippen LogP) is 3.70. The molecular formula is C15H24O. The lowest BCUT2D eigenvalue weighted by molar-refractivity contribution is 0.239. The molecular weight excluding hydrogens is 196 g/mol. The fourth-order valence-corrected chi connectivity index (χ4v) is 3.68. The summed E-state index contributed by atoms with van der Waals surface area (Å²) in [7, 11) is 0. The number of aliphatic hydroxyl groups is 1. The third-order valence-corrected chi connectivity index (χ3v) is 5.04. The quantitative estimate of drug-likeness (QED) is 0.716. The summed E-state index contributed by atoms with van der Waals surface area (Å²) >= 11 is 0. The Kier molecular flexibility index (Phi) is 3.25. The van der Waals surface area contributed by atoms with E-state index in [0.717, 1.165) is 18.3 Å². The van der Waals surface area contributed by atoms with Crippen molar-refractivity contribution in [1.82, 2.24) is 0 Å². The van der Waals surface area contributed by atoms with Crippen molar-refractivity contribution in [2.24, 2.45) is 17.3 Å². The molecule has 2 saturated carbocycles. The van der Waals surface area contributed by atoms with Gasteiger partial charge in [-0.05, 0) is 56.3 Å². The van der Waals surface area contributed by atoms with Gasteiger partial charge < -0.3 is 5.11 Å². The molecule has 0 aromatic carbocycles. The van der Waals surface area contributed by atoms with E-state index in [-0.39, 0.29) is 6.61 Å². The number of hydrogen-bond donors (Lipinski definition) is 1. The van der Waals surface area contributed by atoms with Crippen molar-refractivity contribution in [2.75, 3.05) is 6.61 Å². The van der Waals surface area contributed by atoms with E-state index in [2.05, 4.69) is 20.4 Å². The van der Waals surface area contributed by atoms with Crippen LogP contribution in [0.2, 0.25) is 0 Å². The SMILES string of the molecule is C=C1C2CCC(C2)C1(C)CCC(C)=CCO. The highest BCUT2D eigenvalue weighted by atomic mass is 16.2. The zero-order chi connectivity index (χ0) is 11.8. The van der Waals surface area contributed by atoms with Gasteiger partial charge in [0.2, 0.25) is 0 Å². The highest BCUT2D eigenvalue weighted by Crippen LogP contribution is 2.60. The molecule has 0 amide bonds. The summed E-state index contributed by atoms with van der Waals surface area (Å²) < 4.78 is 0. The maximum Gasteiger partial charge on any atom is 0.0614 e. The fourth-order valence-electron chi connectivity index (χ4n) is 3.68. The van der Waals surface area contributed by atoms with Crippen molar-refractivity contribution < 1.29 is 5.11 Å². The first-order chi connectivity index (χ1) is 7.58. The van der Waals surface area contributed by atoms with E-state index in [9.17, 15) is 0 Å². The molecule has 2 aliphatic rings. The first-order valence-electron chi connectivity index (χ1n) is 6.53. The molecule has 1 heteroatoms. The molecule has 3 unspecified atom stereocenters. The summed E-state index contributed by atoms with van der Waals surface area (Å²) in [4.78, 5) is 0. The van der Waals surface area contributed by atoms with Crippen molar-refractivity contribution >= 4 is 0 Å². The van der Waals surface area contributed by atoms with Gasteiger partial charge in [-0.2, -0.15) is 0 Å². The van der Waals surface area contributed by atoms with Gasteiger partial charge in [-0.15, -0.1) is 0 Å². The van der Waals surface area contributed by atoms with Crippen molar-refractivity contribution in [3.05, 3.63) is 23.8 Å². The number of aliphatic hydroxyl groups excluding tert-OH is 1. The minimum absolute atomic E-state index is 0.176. The Morgan fingerprint density at radius 1 is 1.56 bits per heavy atom. The van der Waals surface area contributed by atoms with Gasteiger partial charge in [-0.25, -0.2) is 0 Å². The number of allylic oxidation sites excluding steroid dienone is 2. The summed E-state index contributed by atoms with van der Waals surface area (Å²) in [5.41, 5.74) is 3.22. The topological polar surface area (TPSA) is 20.2 Å². The van der Waals surface area contributed by atoms with Gasteiger partial charge in [0.1, 0.15) is 0 Å². The van der Waals surface area contributed by atoms with Gasteiger partial charge in [-0.3, -0.25) is 0 Å². The molecule has 2 fully saturated rings. The van der Waals surface area contributed by atoms with Crippen LogP contribution in [0, 0.1) is 17.3 Å². The van der Waals surface area contributed by atoms with Crippen LogP contribution in [0.4, 0.5) is 0 Å². The standard InChI is InChI=1S/C15H24O/c1-11(7-9-16)6-8-15(3)12(2)13-4-5-14(15)10-13/h7,13-14,16H,2,4-6,8-10H2,1,3H3. The molecule has 2 rings (SSSR count). The van der Waals surface area contributed by atoms with Gasteiger partial charge in [0.15, 0.2) is 0 Å². The van der Waals surface area contributed by atoms with E-state index in [1.165, 1.54) is 36.8 Å². The minimum atomic E-state index is 0.176. The number of hydrogen-bond acceptors (Lipinski definition) is 1. The predicted molar refractivity (Wildman–Crippen MR) is 68.2 cm³/mol. The minimum Gasteiger partial charge on any atom is -0.392 e. The van der Waals surface area contributed by atoms with Crippen molar-refractivity contribution in [3.63, 3.8) is 0 Å². The highest BCUT2D eigenvalue weighted by Gasteiger charge is 2.50. The summed E-state index contributed by atoms with van der Waals surface area (Å²) in [6.07, 6.45) is 8.43. The lowest BCUT2D eigenvalue weighted by atomic mass is 9.68. The smallest absolute Gasteiger partial charge is 0.0614 e. The first-order valence-corrected chi connectivity index (χ1v) is 6.53. The van der Waals surface area contributed by atoms with Crippen molar-refractivity contribution in [3.8, 4) is 0 Å². The molecule has 1 nitrogen and oxygen atoms in total. The molecule has 90 valence electrons. The van der Waals surface area contributed by atoms with E-state index < -0.39 is 0 Å². The number of rotatable bonds is 4. The van der Waals surface area contributed by atoms with E-state index in [4.69, 9.17) is 5.11 Å². The molecule has 0 radical (unpaired) electrons. The second kappa shape index (κ2) is 4.37. The molecule has 0 saturated heterocycles. The first kappa shape index (κ1) is 11.9. The summed E-state index contributed by atoms with van der Waals surface area (Å²) in [5, 5.41) is 8.86. The van der Waals surface area contributed by atoms with Crippen LogP contribution >= 0.6 is 0 Å². The third kappa shape index (κ3) is 1.86. The fraction of sp³-hybridized carbons (Fsp3) is 0.733. The Labute approximate surface area is 99.3 Å². The van der Waals surface area contributed by atoms with Crippen LogP contribution in [0.5, 0.6) is 0 Å². The van der Waals surface area contributed by atoms with Crippen LogP contribution in [-0.2, 0) is 0 Å². The molecule has 0 aromatic heterocycles. The van der Waals surface area contributed by atoms with E-state index in [1.54, 1.807) is 0 Å². The van der Waals surface area contributed by atoms with Crippen LogP contribution in [0.15, 0.2) is 23.8 Å². The second-order valence-electron chi connectivity index (χ2n) is 5.88. The van der Waals surface area contributed by atoms with Crippen LogP contribution in [0.3, 0.4) is 0 Å². The lowest BCUT2D eigenvalue weighted by Crippen LogP contribution is -2.26. The molecule has 3 atom stereocenters. The Hall–Kier alpha value is -0.560. The average molecular weight is 220 g/mol. The van der Waals surface area contributed by atoms with Gasteiger partial charge >= 0.3 is 0 Å². The monoisotopic (exact) mass is 220 g/mol. The van der Waals surface area contributed by atoms with Crippen LogP contribution in [0.1, 0.15) is 46.0 Å². The highest BCUT2D eigenvalue weighted by molar-refractivity contribution is 5.24. The Morgan fingerprint density at radius 2 is 2.31 bits per heavy atom. The maximum absolute atomic E-state index is 8.86. The van der Waals surface area contributed by atoms with E-state index in [0.29, 0.717) is 5.41 Å². The Bertz CT molecular complexity index is 315. The maximum atomic E-state index is 8.86. The number of fused-ring (bicyclic) bond motifs is 2. The van der Waals surface area contributed by atoms with Crippen molar-refractivity contribution in [1.29, 1.82) is 0 Å². The summed E-state index contributed by atoms with van der Waals surface area (Å²) in [6, 6.07) is 0. The van der Waals surface area contributed by atoms with Crippen LogP contribution in [0.25, 0.3) is 0 Å². The molecule has 0 spiro atoms. The third-order valence-electron chi connectivity index (χ3n) is 5.04. The molecule has 0 aromatic rings. The van der Waals surface area contributed by atoms with E-state index >= 15 is 0 Å². The molecule has 2 bridgehead atoms. The summed E-state index contributed by atoms with van der Waals surface area (Å²) in [6.45, 7) is 9.05. The van der Waals surface area contributed by atoms with Gasteiger partial charge in [-0.1, -0.05) is 30.7 Å². The van der Waals surface area contributed by atoms with E-state index in [1.807, 2.05) is 6.08 Å². The zero-order valence-corrected chi connectivity index (χ0v) is 10.6. The molecule has 2 aliphatic carbocycles. The van der Waals surface area contributed by atoms with Gasteiger partial charge in [0.25, 0.3) is 0 Å². The normalized spacial score (nSPS) is 38.4. The van der Waals surface area contributed by atoms with Gasteiger partial charge in [0, 0.05) is 0 Å². The van der Waals surface area contributed by atoms with Gasteiger partial charge in [0.05, 0.1) is 6.61 Å². The molecule has 1 N–H and O–H groups in total. The summed E-state index contributed by atoms with van der Waals surface area (Å²) in [5.74, 6) is 1.70. The molecule has 0 heterocycles. The zero-order valence-electron chi connectivity index (χ0n) is 10.6. The largest absolute Gasteiger partial charge is 0.392 e. The van der Waals surface area contributed by atoms with Crippen LogP contribution in [-0.4, -0.2) is 11.7 Å². The molecule has 0 aliphatic heterocycles. The second-order valence-corrected chi connectivity index (χ2v) is 5.88. The Morgan fingerprint density at radius 3 is 2.88 bits per heavy atom. The van der Waals surface area contributed by atoms with Crippen molar-refractivity contribution in [2.45, 2.75) is 46.0 Å². The molecule has 16 heavy (non-hydrogen) atoms. The van der Waals surface area contributed by atoms with Crippen LogP contribution < -0.4 is 0 Å².